The van der Waals surface area contributed by atoms with Crippen molar-refractivity contribution in [3.05, 3.63) is 82.7 Å². The first-order chi connectivity index (χ1) is 12.7. The largest absolute Gasteiger partial charge is 0.452 e. The number of ether oxygens (including phenoxy) is 1. The zero-order valence-electron chi connectivity index (χ0n) is 13.6. The van der Waals surface area contributed by atoms with Gasteiger partial charge in [-0.1, -0.05) is 57.5 Å². The van der Waals surface area contributed by atoms with Gasteiger partial charge in [0, 0.05) is 10.0 Å². The Labute approximate surface area is 157 Å². The summed E-state index contributed by atoms with van der Waals surface area (Å²) in [6, 6.07) is 20.7. The number of halogens is 1. The summed E-state index contributed by atoms with van der Waals surface area (Å²) in [5.41, 5.74) is 1.33. The molecule has 0 N–H and O–H groups in total. The second-order valence-corrected chi connectivity index (χ2v) is 6.54. The number of benzene rings is 3. The number of hydrogen-bond donors (Lipinski definition) is 0. The van der Waals surface area contributed by atoms with Gasteiger partial charge in [-0.3, -0.25) is 0 Å². The van der Waals surface area contributed by atoms with Crippen LogP contribution in [-0.2, 0) is 11.3 Å². The Balaban J connectivity index is 1.49. The molecule has 0 amide bonds. The van der Waals surface area contributed by atoms with E-state index < -0.39 is 5.97 Å². The van der Waals surface area contributed by atoms with E-state index >= 15 is 0 Å². The van der Waals surface area contributed by atoms with E-state index in [1.165, 1.54) is 0 Å². The average molecular weight is 409 g/mol. The van der Waals surface area contributed by atoms with Gasteiger partial charge in [0.1, 0.15) is 0 Å². The minimum atomic E-state index is -0.426. The van der Waals surface area contributed by atoms with E-state index in [4.69, 9.17) is 9.26 Å². The third-order valence-corrected chi connectivity index (χ3v) is 4.44. The first-order valence-corrected chi connectivity index (χ1v) is 8.73. The second kappa shape index (κ2) is 7.09. The van der Waals surface area contributed by atoms with E-state index in [9.17, 15) is 4.79 Å². The fourth-order valence-corrected chi connectivity index (χ4v) is 2.90. The van der Waals surface area contributed by atoms with Crippen molar-refractivity contribution in [1.82, 2.24) is 10.1 Å². The van der Waals surface area contributed by atoms with Gasteiger partial charge in [-0.05, 0) is 41.1 Å². The minimum absolute atomic E-state index is 0.0778. The number of aromatic nitrogens is 2. The lowest BCUT2D eigenvalue weighted by Crippen LogP contribution is -2.06. The average Bonchev–Trinajstić information content (AvgIpc) is 3.15. The third kappa shape index (κ3) is 3.36. The fraction of sp³-hybridized carbons (Fsp3) is 0.0500. The maximum absolute atomic E-state index is 12.4. The molecule has 26 heavy (non-hydrogen) atoms. The van der Waals surface area contributed by atoms with Crippen LogP contribution in [0, 0.1) is 0 Å². The van der Waals surface area contributed by atoms with Crippen molar-refractivity contribution in [3.63, 3.8) is 0 Å². The van der Waals surface area contributed by atoms with Crippen LogP contribution in [-0.4, -0.2) is 16.1 Å². The van der Waals surface area contributed by atoms with Crippen LogP contribution in [0.4, 0.5) is 0 Å². The second-order valence-electron chi connectivity index (χ2n) is 5.62. The zero-order valence-corrected chi connectivity index (χ0v) is 15.1. The molecule has 0 atom stereocenters. The van der Waals surface area contributed by atoms with Gasteiger partial charge in [0.05, 0.1) is 5.56 Å². The maximum atomic E-state index is 12.4. The molecular formula is C20H13BrN2O3. The van der Waals surface area contributed by atoms with Gasteiger partial charge < -0.3 is 9.26 Å². The Morgan fingerprint density at radius 2 is 1.77 bits per heavy atom. The van der Waals surface area contributed by atoms with Gasteiger partial charge in [-0.2, -0.15) is 4.98 Å². The number of nitrogens with zero attached hydrogens (tertiary/aromatic N) is 2. The van der Waals surface area contributed by atoms with Crippen LogP contribution in [0.25, 0.3) is 22.2 Å². The van der Waals surface area contributed by atoms with Crippen molar-refractivity contribution in [2.24, 2.45) is 0 Å². The van der Waals surface area contributed by atoms with Crippen LogP contribution in [0.2, 0.25) is 0 Å². The molecule has 1 aromatic heterocycles. The summed E-state index contributed by atoms with van der Waals surface area (Å²) in [5, 5.41) is 5.76. The van der Waals surface area contributed by atoms with Gasteiger partial charge in [-0.25, -0.2) is 4.79 Å². The first-order valence-electron chi connectivity index (χ1n) is 7.94. The molecule has 0 saturated heterocycles. The predicted octanol–water partition coefficient (Wildman–Crippen LogP) is 5.01. The van der Waals surface area contributed by atoms with Crippen LogP contribution in [0.5, 0.6) is 0 Å². The van der Waals surface area contributed by atoms with E-state index in [0.29, 0.717) is 11.4 Å². The lowest BCUT2D eigenvalue weighted by molar-refractivity contribution is 0.0432. The van der Waals surface area contributed by atoms with E-state index in [-0.39, 0.29) is 12.5 Å². The van der Waals surface area contributed by atoms with Gasteiger partial charge in [0.25, 0.3) is 5.89 Å². The lowest BCUT2D eigenvalue weighted by atomic mass is 10.1. The highest BCUT2D eigenvalue weighted by atomic mass is 79.9. The zero-order chi connectivity index (χ0) is 17.9. The molecule has 0 aliphatic carbocycles. The molecule has 0 aliphatic rings. The maximum Gasteiger partial charge on any atom is 0.339 e. The molecular weight excluding hydrogens is 396 g/mol. The molecule has 0 fully saturated rings. The first kappa shape index (κ1) is 16.5. The van der Waals surface area contributed by atoms with Gasteiger partial charge in [-0.15, -0.1) is 0 Å². The quantitative estimate of drug-likeness (QED) is 0.444. The van der Waals surface area contributed by atoms with Crippen LogP contribution in [0.15, 0.2) is 75.7 Å². The van der Waals surface area contributed by atoms with E-state index in [1.807, 2.05) is 60.7 Å². The molecule has 0 bridgehead atoms. The summed E-state index contributed by atoms with van der Waals surface area (Å²) in [4.78, 5) is 16.7. The molecule has 0 spiro atoms. The molecule has 0 saturated carbocycles. The van der Waals surface area contributed by atoms with Crippen LogP contribution < -0.4 is 0 Å². The molecule has 4 rings (SSSR count). The van der Waals surface area contributed by atoms with Crippen LogP contribution in [0.1, 0.15) is 16.2 Å². The predicted molar refractivity (Wildman–Crippen MR) is 101 cm³/mol. The summed E-state index contributed by atoms with van der Waals surface area (Å²) >= 11 is 3.38. The molecule has 4 aromatic rings. The molecule has 5 nitrogen and oxygen atoms in total. The molecule has 128 valence electrons. The van der Waals surface area contributed by atoms with Crippen molar-refractivity contribution in [1.29, 1.82) is 0 Å². The lowest BCUT2D eigenvalue weighted by Gasteiger charge is -2.05. The number of esters is 1. The summed E-state index contributed by atoms with van der Waals surface area (Å²) < 4.78 is 11.5. The number of rotatable bonds is 4. The van der Waals surface area contributed by atoms with E-state index in [0.717, 1.165) is 20.8 Å². The SMILES string of the molecule is O=C(OCc1nc(-c2ccc(Br)cc2)no1)c1cccc2ccccc12. The molecule has 6 heteroatoms. The minimum Gasteiger partial charge on any atom is -0.452 e. The summed E-state index contributed by atoms with van der Waals surface area (Å²) in [6.45, 7) is -0.0778. The Kier molecular flexibility index (Phi) is 4.50. The monoisotopic (exact) mass is 408 g/mol. The Bertz CT molecular complexity index is 1070. The van der Waals surface area contributed by atoms with Crippen molar-refractivity contribution >= 4 is 32.7 Å². The van der Waals surface area contributed by atoms with Crippen molar-refractivity contribution in [2.45, 2.75) is 6.61 Å². The van der Waals surface area contributed by atoms with Crippen LogP contribution >= 0.6 is 15.9 Å². The van der Waals surface area contributed by atoms with Gasteiger partial charge in [0.2, 0.25) is 5.82 Å². The number of fused-ring (bicyclic) bond motifs is 1. The number of carbonyl (C=O) groups is 1. The topological polar surface area (TPSA) is 65.2 Å². The Morgan fingerprint density at radius 1 is 1.00 bits per heavy atom. The fourth-order valence-electron chi connectivity index (χ4n) is 2.64. The van der Waals surface area contributed by atoms with E-state index in [2.05, 4.69) is 26.1 Å². The van der Waals surface area contributed by atoms with E-state index in [1.54, 1.807) is 6.07 Å². The van der Waals surface area contributed by atoms with Crippen LogP contribution in [0.3, 0.4) is 0 Å². The Hall–Kier alpha value is -2.99. The third-order valence-electron chi connectivity index (χ3n) is 3.91. The molecule has 0 aliphatic heterocycles. The number of carbonyl (C=O) groups excluding carboxylic acids is 1. The Morgan fingerprint density at radius 3 is 2.62 bits per heavy atom. The van der Waals surface area contributed by atoms with Crippen molar-refractivity contribution in [3.8, 4) is 11.4 Å². The molecule has 3 aromatic carbocycles. The molecule has 0 radical (unpaired) electrons. The highest BCUT2D eigenvalue weighted by molar-refractivity contribution is 9.10. The van der Waals surface area contributed by atoms with Crippen molar-refractivity contribution < 1.29 is 14.1 Å². The highest BCUT2D eigenvalue weighted by Crippen LogP contribution is 2.21. The van der Waals surface area contributed by atoms with Gasteiger partial charge >= 0.3 is 5.97 Å². The smallest absolute Gasteiger partial charge is 0.339 e. The normalized spacial score (nSPS) is 10.8. The van der Waals surface area contributed by atoms with Gasteiger partial charge in [0.15, 0.2) is 6.61 Å². The number of hydrogen-bond acceptors (Lipinski definition) is 5. The summed E-state index contributed by atoms with van der Waals surface area (Å²) in [7, 11) is 0. The molecule has 1 heterocycles. The summed E-state index contributed by atoms with van der Waals surface area (Å²) in [6.07, 6.45) is 0. The molecule has 0 unspecified atom stereocenters. The van der Waals surface area contributed by atoms with Crippen molar-refractivity contribution in [2.75, 3.05) is 0 Å². The highest BCUT2D eigenvalue weighted by Gasteiger charge is 2.14. The summed E-state index contributed by atoms with van der Waals surface area (Å²) in [5.74, 6) is 0.274. The standard InChI is InChI=1S/C20H13BrN2O3/c21-15-10-8-14(9-11-15)19-22-18(26-23-19)12-25-20(24)17-7-3-5-13-4-1-2-6-16(13)17/h1-11H,12H2.